The molecule has 1 heterocycles. The first-order valence-corrected chi connectivity index (χ1v) is 17.5. The fraction of sp³-hybridized carbons (Fsp3) is 0. The van der Waals surface area contributed by atoms with Crippen LogP contribution in [-0.2, 0) is 0 Å². The maximum atomic E-state index is 6.79. The summed E-state index contributed by atoms with van der Waals surface area (Å²) in [6.07, 6.45) is 0. The van der Waals surface area contributed by atoms with Crippen LogP contribution in [-0.4, -0.2) is 0 Å². The summed E-state index contributed by atoms with van der Waals surface area (Å²) in [5, 5.41) is 4.85. The number of para-hydroxylation sites is 1. The molecule has 1 heteroatoms. The number of rotatable bonds is 5. The SMILES string of the molecule is c1ccc(-c2cccc(-c3cccc(-c4cccc(-c5ccc(-c6cccc7c6Oc6cc8ccccc8c8cccc-7c68)cc5)c4)c3)c2)cc1. The first-order valence-electron chi connectivity index (χ1n) is 17.5. The maximum Gasteiger partial charge on any atom is 0.143 e. The fourth-order valence-electron chi connectivity index (χ4n) is 7.73. The molecule has 0 atom stereocenters. The lowest BCUT2D eigenvalue weighted by Gasteiger charge is -2.24. The van der Waals surface area contributed by atoms with Crippen LogP contribution < -0.4 is 4.74 Å². The van der Waals surface area contributed by atoms with Crippen molar-refractivity contribution >= 4 is 21.5 Å². The van der Waals surface area contributed by atoms with E-state index in [0.29, 0.717) is 0 Å². The Morgan fingerprint density at radius 3 is 1.39 bits per heavy atom. The first kappa shape index (κ1) is 29.2. The molecule has 10 rings (SSSR count). The van der Waals surface area contributed by atoms with Gasteiger partial charge in [0.15, 0.2) is 0 Å². The topological polar surface area (TPSA) is 9.23 Å². The molecule has 1 aliphatic heterocycles. The van der Waals surface area contributed by atoms with Gasteiger partial charge in [0.25, 0.3) is 0 Å². The average Bonchev–Trinajstić information content (AvgIpc) is 3.21. The van der Waals surface area contributed by atoms with Crippen molar-refractivity contribution in [2.45, 2.75) is 0 Å². The minimum absolute atomic E-state index is 0.914. The van der Waals surface area contributed by atoms with E-state index in [9.17, 15) is 0 Å². The van der Waals surface area contributed by atoms with Crippen LogP contribution in [0.2, 0.25) is 0 Å². The van der Waals surface area contributed by atoms with E-state index in [0.717, 1.165) is 28.2 Å². The average molecular weight is 649 g/mol. The van der Waals surface area contributed by atoms with Crippen molar-refractivity contribution in [1.29, 1.82) is 0 Å². The van der Waals surface area contributed by atoms with Crippen LogP contribution >= 0.6 is 0 Å². The number of ether oxygens (including phenoxy) is 1. The molecule has 9 aromatic rings. The molecular formula is C50H32O. The van der Waals surface area contributed by atoms with E-state index in [2.05, 4.69) is 194 Å². The van der Waals surface area contributed by atoms with Gasteiger partial charge < -0.3 is 4.74 Å². The number of hydrogen-bond acceptors (Lipinski definition) is 1. The molecule has 9 aromatic carbocycles. The summed E-state index contributed by atoms with van der Waals surface area (Å²) in [6, 6.07) is 69.8. The smallest absolute Gasteiger partial charge is 0.143 e. The molecule has 0 saturated carbocycles. The zero-order valence-corrected chi connectivity index (χ0v) is 27.9. The highest BCUT2D eigenvalue weighted by atomic mass is 16.5. The molecule has 0 unspecified atom stereocenters. The molecule has 0 bridgehead atoms. The van der Waals surface area contributed by atoms with Crippen molar-refractivity contribution in [2.75, 3.05) is 0 Å². The summed E-state index contributed by atoms with van der Waals surface area (Å²) in [5.74, 6) is 1.83. The Hall–Kier alpha value is -6.70. The van der Waals surface area contributed by atoms with Gasteiger partial charge in [0.05, 0.1) is 0 Å². The molecule has 0 fully saturated rings. The maximum absolute atomic E-state index is 6.79. The van der Waals surface area contributed by atoms with Crippen LogP contribution in [0.25, 0.3) is 88.3 Å². The Morgan fingerprint density at radius 2 is 0.725 bits per heavy atom. The van der Waals surface area contributed by atoms with E-state index in [1.165, 1.54) is 71.6 Å². The fourth-order valence-corrected chi connectivity index (χ4v) is 7.73. The lowest BCUT2D eigenvalue weighted by atomic mass is 9.89. The molecule has 0 amide bonds. The molecular weight excluding hydrogens is 617 g/mol. The summed E-state index contributed by atoms with van der Waals surface area (Å²) in [5.41, 5.74) is 14.2. The van der Waals surface area contributed by atoms with Gasteiger partial charge in [0, 0.05) is 16.5 Å². The van der Waals surface area contributed by atoms with E-state index in [1.54, 1.807) is 0 Å². The molecule has 0 aliphatic carbocycles. The zero-order valence-electron chi connectivity index (χ0n) is 27.9. The molecule has 1 aliphatic rings. The Kier molecular flexibility index (Phi) is 6.89. The van der Waals surface area contributed by atoms with Gasteiger partial charge in [-0.05, 0) is 96.1 Å². The van der Waals surface area contributed by atoms with Gasteiger partial charge in [-0.1, -0.05) is 170 Å². The molecule has 0 spiro atoms. The van der Waals surface area contributed by atoms with Gasteiger partial charge in [-0.15, -0.1) is 0 Å². The van der Waals surface area contributed by atoms with Crippen LogP contribution in [0.4, 0.5) is 0 Å². The van der Waals surface area contributed by atoms with Gasteiger partial charge in [0.2, 0.25) is 0 Å². The predicted molar refractivity (Wildman–Crippen MR) is 214 cm³/mol. The highest BCUT2D eigenvalue weighted by Crippen LogP contribution is 2.51. The molecule has 238 valence electrons. The molecule has 0 radical (unpaired) electrons. The van der Waals surface area contributed by atoms with Crippen LogP contribution in [0.3, 0.4) is 0 Å². The van der Waals surface area contributed by atoms with E-state index in [-0.39, 0.29) is 0 Å². The second-order valence-corrected chi connectivity index (χ2v) is 13.3. The number of hydrogen-bond donors (Lipinski definition) is 0. The summed E-state index contributed by atoms with van der Waals surface area (Å²) in [6.45, 7) is 0. The quantitative estimate of drug-likeness (QED) is 0.169. The summed E-state index contributed by atoms with van der Waals surface area (Å²) >= 11 is 0. The largest absolute Gasteiger partial charge is 0.455 e. The highest BCUT2D eigenvalue weighted by molar-refractivity contribution is 6.16. The van der Waals surface area contributed by atoms with E-state index < -0.39 is 0 Å². The molecule has 0 saturated heterocycles. The van der Waals surface area contributed by atoms with Crippen molar-refractivity contribution in [2.24, 2.45) is 0 Å². The molecule has 1 nitrogen and oxygen atoms in total. The van der Waals surface area contributed by atoms with Gasteiger partial charge in [-0.2, -0.15) is 0 Å². The minimum atomic E-state index is 0.914. The second kappa shape index (κ2) is 12.0. The van der Waals surface area contributed by atoms with Gasteiger partial charge in [-0.25, -0.2) is 0 Å². The summed E-state index contributed by atoms with van der Waals surface area (Å²) in [7, 11) is 0. The van der Waals surface area contributed by atoms with Crippen molar-refractivity contribution in [3.63, 3.8) is 0 Å². The van der Waals surface area contributed by atoms with E-state index in [4.69, 9.17) is 4.74 Å². The third-order valence-corrected chi connectivity index (χ3v) is 10.3. The molecule has 0 aromatic heterocycles. The van der Waals surface area contributed by atoms with Gasteiger partial charge >= 0.3 is 0 Å². The third-order valence-electron chi connectivity index (χ3n) is 10.3. The summed E-state index contributed by atoms with van der Waals surface area (Å²) in [4.78, 5) is 0. The van der Waals surface area contributed by atoms with Crippen LogP contribution in [0.5, 0.6) is 11.5 Å². The van der Waals surface area contributed by atoms with Crippen LogP contribution in [0.1, 0.15) is 0 Å². The standard InChI is InChI=1S/C50H32O/c1-2-11-33(12-3-1)36-14-6-16-38(29-36)40-18-8-19-41(31-40)39-17-7-15-37(30-39)34-25-27-35(28-26-34)44-21-9-24-47-46-23-10-22-45-43-20-5-4-13-42(43)32-48(49(45)46)51-50(44)47/h1-32H. The minimum Gasteiger partial charge on any atom is -0.455 e. The van der Waals surface area contributed by atoms with Crippen molar-refractivity contribution in [3.8, 4) is 78.3 Å². The second-order valence-electron chi connectivity index (χ2n) is 13.3. The third kappa shape index (κ3) is 5.10. The number of benzene rings is 9. The normalized spacial score (nSPS) is 11.7. The Bertz CT molecular complexity index is 2760. The van der Waals surface area contributed by atoms with Crippen molar-refractivity contribution in [3.05, 3.63) is 194 Å². The zero-order chi connectivity index (χ0) is 33.7. The van der Waals surface area contributed by atoms with Gasteiger partial charge in [0.1, 0.15) is 11.5 Å². The lowest BCUT2D eigenvalue weighted by Crippen LogP contribution is -1.99. The number of fused-ring (bicyclic) bond motifs is 4. The van der Waals surface area contributed by atoms with Crippen molar-refractivity contribution < 1.29 is 4.74 Å². The Balaban J connectivity index is 0.970. The van der Waals surface area contributed by atoms with Crippen molar-refractivity contribution in [1.82, 2.24) is 0 Å². The van der Waals surface area contributed by atoms with E-state index in [1.807, 2.05) is 0 Å². The Labute approximate surface area is 297 Å². The predicted octanol–water partition coefficient (Wildman–Crippen LogP) is 14.1. The Morgan fingerprint density at radius 1 is 0.275 bits per heavy atom. The van der Waals surface area contributed by atoms with E-state index >= 15 is 0 Å². The van der Waals surface area contributed by atoms with Crippen LogP contribution in [0.15, 0.2) is 194 Å². The lowest BCUT2D eigenvalue weighted by molar-refractivity contribution is 0.489. The van der Waals surface area contributed by atoms with Crippen LogP contribution in [0, 0.1) is 0 Å². The molecule has 51 heavy (non-hydrogen) atoms. The van der Waals surface area contributed by atoms with Gasteiger partial charge in [-0.3, -0.25) is 0 Å². The first-order chi connectivity index (χ1) is 25.3. The monoisotopic (exact) mass is 648 g/mol. The molecule has 0 N–H and O–H groups in total. The summed E-state index contributed by atoms with van der Waals surface area (Å²) < 4.78 is 6.79. The highest BCUT2D eigenvalue weighted by Gasteiger charge is 2.24.